The molecule has 1 fully saturated rings. The van der Waals surface area contributed by atoms with Crippen molar-refractivity contribution in [1.82, 2.24) is 19.9 Å². The van der Waals surface area contributed by atoms with Crippen LogP contribution in [-0.4, -0.2) is 39.7 Å². The van der Waals surface area contributed by atoms with Crippen molar-refractivity contribution in [3.05, 3.63) is 84.1 Å². The Balaban J connectivity index is 1.46. The zero-order chi connectivity index (χ0) is 24.3. The van der Waals surface area contributed by atoms with Crippen molar-refractivity contribution < 1.29 is 13.9 Å². The highest BCUT2D eigenvalue weighted by atomic mass is 19.1. The minimum atomic E-state index is -0.667. The second-order valence-corrected chi connectivity index (χ2v) is 8.93. The summed E-state index contributed by atoms with van der Waals surface area (Å²) in [5.41, 5.74) is 9.39. The molecule has 0 unspecified atom stereocenters. The molecule has 4 aromatic rings. The lowest BCUT2D eigenvalue weighted by Gasteiger charge is -2.35. The average Bonchev–Trinajstić information content (AvgIpc) is 3.35. The number of imidazole rings is 1. The third kappa shape index (κ3) is 5.22. The third-order valence-electron chi connectivity index (χ3n) is 5.93. The van der Waals surface area contributed by atoms with Crippen LogP contribution < -0.4 is 11.1 Å². The number of nitrogens with one attached hydrogen (secondary N) is 2. The molecule has 1 aliphatic heterocycles. The van der Waals surface area contributed by atoms with E-state index < -0.39 is 6.29 Å². The van der Waals surface area contributed by atoms with Crippen molar-refractivity contribution in [3.8, 4) is 22.6 Å². The van der Waals surface area contributed by atoms with Crippen LogP contribution in [0.25, 0.3) is 22.6 Å². The van der Waals surface area contributed by atoms with Gasteiger partial charge in [-0.3, -0.25) is 0 Å². The predicted octanol–water partition coefficient (Wildman–Crippen LogP) is 4.30. The number of aromatic nitrogens is 4. The smallest absolute Gasteiger partial charge is 0.223 e. The number of hydrogen-bond donors (Lipinski definition) is 3. The number of ether oxygens (including phenoxy) is 2. The molecule has 2 aromatic heterocycles. The van der Waals surface area contributed by atoms with Gasteiger partial charge in [-0.15, -0.1) is 0 Å². The van der Waals surface area contributed by atoms with Crippen LogP contribution in [0.3, 0.4) is 0 Å². The summed E-state index contributed by atoms with van der Waals surface area (Å²) in [5, 5.41) is 3.26. The second kappa shape index (κ2) is 9.91. The fourth-order valence-corrected chi connectivity index (χ4v) is 3.78. The van der Waals surface area contributed by atoms with E-state index in [1.54, 1.807) is 24.4 Å². The van der Waals surface area contributed by atoms with E-state index >= 15 is 0 Å². The van der Waals surface area contributed by atoms with E-state index in [1.807, 2.05) is 37.3 Å². The third-order valence-corrected chi connectivity index (χ3v) is 5.93. The molecule has 1 aliphatic rings. The van der Waals surface area contributed by atoms with Crippen molar-refractivity contribution in [2.24, 2.45) is 11.1 Å². The molecule has 0 saturated carbocycles. The molecule has 9 heteroatoms. The van der Waals surface area contributed by atoms with Crippen molar-refractivity contribution >= 4 is 5.95 Å². The Labute approximate surface area is 202 Å². The summed E-state index contributed by atoms with van der Waals surface area (Å²) < 4.78 is 25.5. The first-order valence-corrected chi connectivity index (χ1v) is 11.4. The van der Waals surface area contributed by atoms with E-state index in [2.05, 4.69) is 15.3 Å². The first-order chi connectivity index (χ1) is 17.0. The molecule has 4 N–H and O–H groups in total. The minimum Gasteiger partial charge on any atom is -0.350 e. The number of aromatic amines is 1. The number of anilines is 1. The van der Waals surface area contributed by atoms with E-state index in [4.69, 9.17) is 25.2 Å². The van der Waals surface area contributed by atoms with E-state index in [0.717, 1.165) is 11.1 Å². The number of nitrogens with zero attached hydrogens (tertiary/aromatic N) is 3. The van der Waals surface area contributed by atoms with Gasteiger partial charge in [-0.25, -0.2) is 19.3 Å². The lowest BCUT2D eigenvalue weighted by Crippen LogP contribution is -2.42. The van der Waals surface area contributed by atoms with Gasteiger partial charge in [0.2, 0.25) is 12.2 Å². The van der Waals surface area contributed by atoms with Crippen molar-refractivity contribution in [1.29, 1.82) is 0 Å². The van der Waals surface area contributed by atoms with Crippen LogP contribution in [0.15, 0.2) is 66.9 Å². The van der Waals surface area contributed by atoms with Crippen LogP contribution in [0.4, 0.5) is 10.3 Å². The molecule has 0 radical (unpaired) electrons. The molecule has 3 heterocycles. The van der Waals surface area contributed by atoms with Gasteiger partial charge < -0.3 is 25.5 Å². The molecule has 35 heavy (non-hydrogen) atoms. The second-order valence-electron chi connectivity index (χ2n) is 8.93. The van der Waals surface area contributed by atoms with Crippen LogP contribution in [0.1, 0.15) is 24.6 Å². The largest absolute Gasteiger partial charge is 0.350 e. The highest BCUT2D eigenvalue weighted by Crippen LogP contribution is 2.35. The van der Waals surface area contributed by atoms with Gasteiger partial charge in [0.15, 0.2) is 5.82 Å². The fourth-order valence-electron chi connectivity index (χ4n) is 3.78. The molecule has 5 rings (SSSR count). The lowest BCUT2D eigenvalue weighted by atomic mass is 9.93. The van der Waals surface area contributed by atoms with Crippen molar-refractivity contribution in [2.75, 3.05) is 25.1 Å². The summed E-state index contributed by atoms with van der Waals surface area (Å²) in [6, 6.07) is 18.0. The molecule has 2 aromatic carbocycles. The molecular weight excluding hydrogens is 447 g/mol. The number of halogens is 1. The molecule has 0 bridgehead atoms. The van der Waals surface area contributed by atoms with E-state index in [1.165, 1.54) is 12.1 Å². The summed E-state index contributed by atoms with van der Waals surface area (Å²) in [7, 11) is 0. The number of nitrogens with two attached hydrogens (primary N) is 1. The Morgan fingerprint density at radius 2 is 1.80 bits per heavy atom. The van der Waals surface area contributed by atoms with Gasteiger partial charge in [-0.2, -0.15) is 0 Å². The van der Waals surface area contributed by atoms with Crippen LogP contribution >= 0.6 is 0 Å². The summed E-state index contributed by atoms with van der Waals surface area (Å²) in [5.74, 6) is 0.674. The van der Waals surface area contributed by atoms with Gasteiger partial charge in [0.1, 0.15) is 5.82 Å². The molecule has 0 aliphatic carbocycles. The van der Waals surface area contributed by atoms with Crippen molar-refractivity contribution in [2.45, 2.75) is 19.8 Å². The van der Waals surface area contributed by atoms with E-state index in [0.29, 0.717) is 55.2 Å². The molecule has 0 atom stereocenters. The van der Waals surface area contributed by atoms with Crippen LogP contribution in [0.2, 0.25) is 0 Å². The first kappa shape index (κ1) is 23.1. The van der Waals surface area contributed by atoms with Crippen molar-refractivity contribution in [3.63, 3.8) is 0 Å². The molecular formula is C26H27FN6O2. The summed E-state index contributed by atoms with van der Waals surface area (Å²) >= 11 is 0. The van der Waals surface area contributed by atoms with Crippen LogP contribution in [0, 0.1) is 11.2 Å². The van der Waals surface area contributed by atoms with Gasteiger partial charge in [-0.05, 0) is 35.9 Å². The summed E-state index contributed by atoms with van der Waals surface area (Å²) in [6.45, 7) is 3.98. The summed E-state index contributed by atoms with van der Waals surface area (Å²) in [4.78, 5) is 17.1. The SMILES string of the molecule is CC1(CN)COC(c2nc(-c3ccc(F)cc3)c(-c3ccnc(NCc4ccccc4)n3)[nH]2)OC1. The highest BCUT2D eigenvalue weighted by molar-refractivity contribution is 5.77. The fraction of sp³-hybridized carbons (Fsp3) is 0.269. The molecule has 0 spiro atoms. The Bertz CT molecular complexity index is 1270. The maximum absolute atomic E-state index is 13.6. The zero-order valence-electron chi connectivity index (χ0n) is 19.4. The van der Waals surface area contributed by atoms with Gasteiger partial charge in [0.25, 0.3) is 0 Å². The van der Waals surface area contributed by atoms with Gasteiger partial charge in [0.05, 0.1) is 30.3 Å². The lowest BCUT2D eigenvalue weighted by molar-refractivity contribution is -0.231. The maximum Gasteiger partial charge on any atom is 0.223 e. The number of hydrogen-bond acceptors (Lipinski definition) is 7. The molecule has 0 amide bonds. The Morgan fingerprint density at radius 1 is 1.06 bits per heavy atom. The van der Waals surface area contributed by atoms with E-state index in [-0.39, 0.29) is 11.2 Å². The van der Waals surface area contributed by atoms with Gasteiger partial charge >= 0.3 is 0 Å². The maximum atomic E-state index is 13.6. The molecule has 8 nitrogen and oxygen atoms in total. The topological polar surface area (TPSA) is 111 Å². The Hall–Kier alpha value is -3.66. The number of rotatable bonds is 7. The molecule has 180 valence electrons. The van der Waals surface area contributed by atoms with Gasteiger partial charge in [0, 0.05) is 30.3 Å². The minimum absolute atomic E-state index is 0.238. The van der Waals surface area contributed by atoms with Crippen LogP contribution in [0.5, 0.6) is 0 Å². The summed E-state index contributed by atoms with van der Waals surface area (Å²) in [6.07, 6.45) is 1.02. The first-order valence-electron chi connectivity index (χ1n) is 11.4. The Morgan fingerprint density at radius 3 is 2.51 bits per heavy atom. The quantitative estimate of drug-likeness (QED) is 0.366. The number of H-pyrrole nitrogens is 1. The Kier molecular flexibility index (Phi) is 6.54. The van der Waals surface area contributed by atoms with Gasteiger partial charge in [-0.1, -0.05) is 37.3 Å². The highest BCUT2D eigenvalue weighted by Gasteiger charge is 2.34. The van der Waals surface area contributed by atoms with Crippen LogP contribution in [-0.2, 0) is 16.0 Å². The monoisotopic (exact) mass is 474 g/mol. The standard InChI is InChI=1S/C26H27FN6O2/c1-26(14-28)15-34-24(35-16-26)23-32-21(18-7-9-19(27)10-8-18)22(33-23)20-11-12-29-25(31-20)30-13-17-5-3-2-4-6-17/h2-12,24H,13-16,28H2,1H3,(H,32,33)(H,29,30,31). The average molecular weight is 475 g/mol. The normalized spacial score (nSPS) is 20.0. The molecule has 1 saturated heterocycles. The predicted molar refractivity (Wildman–Crippen MR) is 131 cm³/mol. The van der Waals surface area contributed by atoms with E-state index in [9.17, 15) is 4.39 Å². The zero-order valence-corrected chi connectivity index (χ0v) is 19.4. The number of benzene rings is 2.